The fourth-order valence-corrected chi connectivity index (χ4v) is 3.44. The number of hydrogen-bond donors (Lipinski definition) is 1. The fourth-order valence-electron chi connectivity index (χ4n) is 2.06. The molecule has 2 heterocycles. The van der Waals surface area contributed by atoms with Gasteiger partial charge in [0.2, 0.25) is 0 Å². The van der Waals surface area contributed by atoms with Crippen molar-refractivity contribution in [2.24, 2.45) is 0 Å². The molecular weight excluding hydrogens is 310 g/mol. The average Bonchev–Trinajstić information content (AvgIpc) is 2.37. The first-order valence-corrected chi connectivity index (χ1v) is 9.22. The number of aromatic nitrogens is 1. The van der Waals surface area contributed by atoms with Crippen LogP contribution in [0.3, 0.4) is 0 Å². The van der Waals surface area contributed by atoms with Crippen LogP contribution in [-0.4, -0.2) is 43.5 Å². The molecule has 1 aromatic rings. The van der Waals surface area contributed by atoms with Crippen molar-refractivity contribution >= 4 is 27.3 Å². The normalized spacial score (nSPS) is 18.8. The molecule has 0 spiro atoms. The minimum Gasteiger partial charge on any atom is -0.355 e. The molecule has 0 bridgehead atoms. The summed E-state index contributed by atoms with van der Waals surface area (Å²) in [6.45, 7) is 7.81. The van der Waals surface area contributed by atoms with Crippen molar-refractivity contribution in [2.45, 2.75) is 32.9 Å². The Labute approximate surface area is 131 Å². The van der Waals surface area contributed by atoms with Gasteiger partial charge in [0.15, 0.2) is 9.84 Å². The molecule has 0 radical (unpaired) electrons. The lowest BCUT2D eigenvalue weighted by atomic mass is 10.1. The maximum Gasteiger partial charge on any atom is 0.153 e. The van der Waals surface area contributed by atoms with E-state index in [0.717, 1.165) is 11.5 Å². The molecule has 1 N–H and O–H groups in total. The van der Waals surface area contributed by atoms with Crippen LogP contribution in [0.15, 0.2) is 12.1 Å². The number of pyridine rings is 1. The zero-order valence-electron chi connectivity index (χ0n) is 12.7. The van der Waals surface area contributed by atoms with Crippen LogP contribution in [-0.2, 0) is 16.4 Å². The number of sulfone groups is 1. The molecule has 0 unspecified atom stereocenters. The van der Waals surface area contributed by atoms with Gasteiger partial charge in [-0.25, -0.2) is 13.4 Å². The predicted molar refractivity (Wildman–Crippen MR) is 86.7 cm³/mol. The van der Waals surface area contributed by atoms with E-state index < -0.39 is 9.84 Å². The molecule has 1 aliphatic heterocycles. The molecule has 2 rings (SSSR count). The van der Waals surface area contributed by atoms with E-state index in [1.807, 2.05) is 17.0 Å². The van der Waals surface area contributed by atoms with E-state index in [-0.39, 0.29) is 17.0 Å². The molecule has 0 aliphatic carbocycles. The maximum absolute atomic E-state index is 11.5. The highest BCUT2D eigenvalue weighted by Crippen LogP contribution is 2.21. The number of nitrogens with zero attached hydrogens (tertiary/aromatic N) is 2. The van der Waals surface area contributed by atoms with Crippen LogP contribution in [0.2, 0.25) is 5.02 Å². The monoisotopic (exact) mass is 331 g/mol. The maximum atomic E-state index is 11.5. The summed E-state index contributed by atoms with van der Waals surface area (Å²) in [4.78, 5) is 6.58. The van der Waals surface area contributed by atoms with Crippen LogP contribution >= 0.6 is 11.6 Å². The van der Waals surface area contributed by atoms with Crippen molar-refractivity contribution in [3.63, 3.8) is 0 Å². The van der Waals surface area contributed by atoms with E-state index in [1.165, 1.54) is 0 Å². The summed E-state index contributed by atoms with van der Waals surface area (Å²) in [6, 6.07) is 3.67. The van der Waals surface area contributed by atoms with Crippen LogP contribution in [0.5, 0.6) is 0 Å². The van der Waals surface area contributed by atoms with Crippen molar-refractivity contribution in [1.82, 2.24) is 10.3 Å². The zero-order chi connectivity index (χ0) is 15.7. The first-order valence-electron chi connectivity index (χ1n) is 7.02. The lowest BCUT2D eigenvalue weighted by Crippen LogP contribution is -2.41. The minimum absolute atomic E-state index is 0.0137. The molecule has 0 saturated carbocycles. The van der Waals surface area contributed by atoms with Crippen molar-refractivity contribution in [2.75, 3.05) is 29.5 Å². The second kappa shape index (κ2) is 6.10. The molecule has 1 saturated heterocycles. The summed E-state index contributed by atoms with van der Waals surface area (Å²) in [6.07, 6.45) is 0. The lowest BCUT2D eigenvalue weighted by molar-refractivity contribution is 0.421. The lowest BCUT2D eigenvalue weighted by Gasteiger charge is -2.28. The summed E-state index contributed by atoms with van der Waals surface area (Å²) in [5.74, 6) is 1.17. The quantitative estimate of drug-likeness (QED) is 0.916. The zero-order valence-corrected chi connectivity index (χ0v) is 14.3. The molecule has 0 atom stereocenters. The van der Waals surface area contributed by atoms with E-state index in [4.69, 9.17) is 11.6 Å². The Kier molecular flexibility index (Phi) is 4.80. The molecule has 0 amide bonds. The Morgan fingerprint density at radius 2 is 1.90 bits per heavy atom. The third kappa shape index (κ3) is 4.83. The van der Waals surface area contributed by atoms with Gasteiger partial charge < -0.3 is 10.2 Å². The fraction of sp³-hybridized carbons (Fsp3) is 0.643. The Morgan fingerprint density at radius 1 is 1.29 bits per heavy atom. The van der Waals surface area contributed by atoms with Crippen LogP contribution in [0.4, 0.5) is 5.82 Å². The molecule has 1 aliphatic rings. The highest BCUT2D eigenvalue weighted by molar-refractivity contribution is 7.91. The summed E-state index contributed by atoms with van der Waals surface area (Å²) in [5.41, 5.74) is 0.776. The number of nitrogens with one attached hydrogen (secondary N) is 1. The van der Waals surface area contributed by atoms with E-state index in [0.29, 0.717) is 24.7 Å². The molecule has 1 aromatic heterocycles. The van der Waals surface area contributed by atoms with Gasteiger partial charge in [0.05, 0.1) is 22.2 Å². The average molecular weight is 332 g/mol. The number of hydrogen-bond acceptors (Lipinski definition) is 5. The molecule has 1 fully saturated rings. The van der Waals surface area contributed by atoms with Crippen LogP contribution in [0.1, 0.15) is 26.5 Å². The Morgan fingerprint density at radius 3 is 2.48 bits per heavy atom. The van der Waals surface area contributed by atoms with Crippen molar-refractivity contribution in [1.29, 1.82) is 0 Å². The summed E-state index contributed by atoms with van der Waals surface area (Å²) in [5, 5.41) is 3.99. The molecule has 5 nitrogen and oxygen atoms in total. The van der Waals surface area contributed by atoms with E-state index in [2.05, 4.69) is 31.1 Å². The van der Waals surface area contributed by atoms with Gasteiger partial charge in [-0.2, -0.15) is 0 Å². The van der Waals surface area contributed by atoms with Crippen LogP contribution in [0, 0.1) is 0 Å². The van der Waals surface area contributed by atoms with Crippen molar-refractivity contribution < 1.29 is 8.42 Å². The van der Waals surface area contributed by atoms with Crippen LogP contribution < -0.4 is 10.2 Å². The third-order valence-corrected chi connectivity index (χ3v) is 5.31. The highest BCUT2D eigenvalue weighted by Gasteiger charge is 2.23. The topological polar surface area (TPSA) is 62.3 Å². The van der Waals surface area contributed by atoms with Gasteiger partial charge in [-0.1, -0.05) is 11.6 Å². The minimum atomic E-state index is -2.88. The molecule has 118 valence electrons. The highest BCUT2D eigenvalue weighted by atomic mass is 35.5. The Bertz CT molecular complexity index is 597. The largest absolute Gasteiger partial charge is 0.355 e. The van der Waals surface area contributed by atoms with Gasteiger partial charge in [0.1, 0.15) is 5.82 Å². The van der Waals surface area contributed by atoms with Gasteiger partial charge in [0, 0.05) is 25.2 Å². The van der Waals surface area contributed by atoms with Gasteiger partial charge in [-0.3, -0.25) is 0 Å². The number of rotatable bonds is 3. The first kappa shape index (κ1) is 16.5. The molecule has 7 heteroatoms. The summed E-state index contributed by atoms with van der Waals surface area (Å²) >= 11 is 6.19. The van der Waals surface area contributed by atoms with Gasteiger partial charge in [-0.15, -0.1) is 0 Å². The predicted octanol–water partition coefficient (Wildman–Crippen LogP) is 1.86. The standard InChI is InChI=1S/C14H22ClN3O2S/c1-14(2,3)16-10-12-11(15)4-5-13(17-12)18-6-8-21(19,20)9-7-18/h4-5,16H,6-10H2,1-3H3. The van der Waals surface area contributed by atoms with E-state index >= 15 is 0 Å². The van der Waals surface area contributed by atoms with E-state index in [9.17, 15) is 8.42 Å². The Hall–Kier alpha value is -0.850. The van der Waals surface area contributed by atoms with Crippen molar-refractivity contribution in [3.05, 3.63) is 22.8 Å². The first-order chi connectivity index (χ1) is 9.66. The summed E-state index contributed by atoms with van der Waals surface area (Å²) < 4.78 is 23.0. The molecular formula is C14H22ClN3O2S. The molecule has 21 heavy (non-hydrogen) atoms. The second-order valence-electron chi connectivity index (χ2n) is 6.34. The smallest absolute Gasteiger partial charge is 0.153 e. The van der Waals surface area contributed by atoms with Crippen LogP contribution in [0.25, 0.3) is 0 Å². The van der Waals surface area contributed by atoms with Gasteiger partial charge in [0.25, 0.3) is 0 Å². The van der Waals surface area contributed by atoms with Crippen molar-refractivity contribution in [3.8, 4) is 0 Å². The number of halogens is 1. The molecule has 0 aromatic carbocycles. The second-order valence-corrected chi connectivity index (χ2v) is 9.05. The van der Waals surface area contributed by atoms with Gasteiger partial charge >= 0.3 is 0 Å². The summed E-state index contributed by atoms with van der Waals surface area (Å²) in [7, 11) is -2.88. The number of anilines is 1. The Balaban J connectivity index is 2.11. The third-order valence-electron chi connectivity index (χ3n) is 3.36. The van der Waals surface area contributed by atoms with E-state index in [1.54, 1.807) is 0 Å². The SMILES string of the molecule is CC(C)(C)NCc1nc(N2CCS(=O)(=O)CC2)ccc1Cl. The van der Waals surface area contributed by atoms with Gasteiger partial charge in [-0.05, 0) is 32.9 Å².